The number of methoxy groups -OCH3 is 1. The standard InChI is InChI=1S/C13H21N3O/c1-13(5-3-6-14-9-13)10-16-11-4-7-15-12(8-11)17-2/h4,7-8,14H,3,5-6,9-10H2,1-2H3,(H,15,16). The molecule has 2 heterocycles. The summed E-state index contributed by atoms with van der Waals surface area (Å²) in [5.74, 6) is 0.655. The molecule has 1 aliphatic rings. The molecule has 1 unspecified atom stereocenters. The van der Waals surface area contributed by atoms with Gasteiger partial charge in [-0.05, 0) is 30.9 Å². The van der Waals surface area contributed by atoms with E-state index in [1.54, 1.807) is 13.3 Å². The largest absolute Gasteiger partial charge is 0.481 e. The summed E-state index contributed by atoms with van der Waals surface area (Å²) >= 11 is 0. The highest BCUT2D eigenvalue weighted by Gasteiger charge is 2.26. The Morgan fingerprint density at radius 1 is 1.59 bits per heavy atom. The first-order valence-corrected chi connectivity index (χ1v) is 6.16. The number of ether oxygens (including phenoxy) is 1. The first-order chi connectivity index (χ1) is 8.22. The Morgan fingerprint density at radius 3 is 3.18 bits per heavy atom. The second kappa shape index (κ2) is 5.36. The molecule has 4 heteroatoms. The van der Waals surface area contributed by atoms with Crippen LogP contribution in [0, 0.1) is 5.41 Å². The summed E-state index contributed by atoms with van der Waals surface area (Å²) in [7, 11) is 1.64. The Kier molecular flexibility index (Phi) is 3.84. The molecule has 1 aromatic rings. The first kappa shape index (κ1) is 12.2. The summed E-state index contributed by atoms with van der Waals surface area (Å²) in [5, 5.41) is 6.93. The molecule has 0 aliphatic carbocycles. The predicted octanol–water partition coefficient (Wildman–Crippen LogP) is 1.89. The van der Waals surface area contributed by atoms with Gasteiger partial charge in [0, 0.05) is 31.0 Å². The Bertz CT molecular complexity index is 361. The van der Waals surface area contributed by atoms with Gasteiger partial charge in [-0.1, -0.05) is 6.92 Å². The molecule has 4 nitrogen and oxygen atoms in total. The lowest BCUT2D eigenvalue weighted by molar-refractivity contribution is 0.253. The van der Waals surface area contributed by atoms with Gasteiger partial charge in [0.1, 0.15) is 0 Å². The molecule has 0 radical (unpaired) electrons. The maximum Gasteiger partial charge on any atom is 0.214 e. The zero-order valence-corrected chi connectivity index (χ0v) is 10.6. The summed E-state index contributed by atoms with van der Waals surface area (Å²) in [6, 6.07) is 3.90. The lowest BCUT2D eigenvalue weighted by atomic mass is 9.83. The second-order valence-electron chi connectivity index (χ2n) is 5.03. The van der Waals surface area contributed by atoms with Gasteiger partial charge in [-0.2, -0.15) is 0 Å². The van der Waals surface area contributed by atoms with Crippen molar-refractivity contribution in [2.75, 3.05) is 32.1 Å². The van der Waals surface area contributed by atoms with Crippen molar-refractivity contribution >= 4 is 5.69 Å². The van der Waals surface area contributed by atoms with E-state index in [2.05, 4.69) is 22.5 Å². The Balaban J connectivity index is 1.92. The van der Waals surface area contributed by atoms with E-state index >= 15 is 0 Å². The van der Waals surface area contributed by atoms with Crippen LogP contribution in [0.25, 0.3) is 0 Å². The van der Waals surface area contributed by atoms with Gasteiger partial charge in [0.2, 0.25) is 5.88 Å². The van der Waals surface area contributed by atoms with Crippen LogP contribution < -0.4 is 15.4 Å². The van der Waals surface area contributed by atoms with Gasteiger partial charge in [0.15, 0.2) is 0 Å². The van der Waals surface area contributed by atoms with Crippen LogP contribution in [0.2, 0.25) is 0 Å². The van der Waals surface area contributed by atoms with Crippen LogP contribution in [0.1, 0.15) is 19.8 Å². The number of nitrogens with zero attached hydrogens (tertiary/aromatic N) is 1. The van der Waals surface area contributed by atoms with Crippen LogP contribution in [-0.4, -0.2) is 31.7 Å². The van der Waals surface area contributed by atoms with E-state index in [9.17, 15) is 0 Å². The number of nitrogens with one attached hydrogen (secondary N) is 2. The Labute approximate surface area is 103 Å². The van der Waals surface area contributed by atoms with Gasteiger partial charge in [0.05, 0.1) is 7.11 Å². The molecule has 94 valence electrons. The molecule has 1 saturated heterocycles. The van der Waals surface area contributed by atoms with Crippen LogP contribution in [0.5, 0.6) is 5.88 Å². The molecule has 1 atom stereocenters. The highest BCUT2D eigenvalue weighted by molar-refractivity contribution is 5.45. The van der Waals surface area contributed by atoms with Crippen molar-refractivity contribution in [1.82, 2.24) is 10.3 Å². The van der Waals surface area contributed by atoms with Crippen molar-refractivity contribution < 1.29 is 4.74 Å². The van der Waals surface area contributed by atoms with E-state index in [1.165, 1.54) is 12.8 Å². The van der Waals surface area contributed by atoms with Gasteiger partial charge in [0.25, 0.3) is 0 Å². The van der Waals surface area contributed by atoms with E-state index in [1.807, 2.05) is 12.1 Å². The van der Waals surface area contributed by atoms with Crippen molar-refractivity contribution in [1.29, 1.82) is 0 Å². The average Bonchev–Trinajstić information content (AvgIpc) is 2.38. The van der Waals surface area contributed by atoms with Crippen molar-refractivity contribution in [3.8, 4) is 5.88 Å². The van der Waals surface area contributed by atoms with Gasteiger partial charge < -0.3 is 15.4 Å². The Morgan fingerprint density at radius 2 is 2.47 bits per heavy atom. The molecule has 0 bridgehead atoms. The zero-order chi connectivity index (χ0) is 12.1. The molecule has 0 spiro atoms. The monoisotopic (exact) mass is 235 g/mol. The SMILES string of the molecule is COc1cc(NCC2(C)CCCNC2)ccn1. The average molecular weight is 235 g/mol. The smallest absolute Gasteiger partial charge is 0.214 e. The van der Waals surface area contributed by atoms with Crippen LogP contribution in [-0.2, 0) is 0 Å². The van der Waals surface area contributed by atoms with Crippen molar-refractivity contribution in [3.05, 3.63) is 18.3 Å². The molecule has 1 aromatic heterocycles. The third kappa shape index (κ3) is 3.33. The molecule has 0 aromatic carbocycles. The number of hydrogen-bond donors (Lipinski definition) is 2. The van der Waals surface area contributed by atoms with Gasteiger partial charge in [-0.25, -0.2) is 4.98 Å². The molecule has 0 amide bonds. The summed E-state index contributed by atoms with van der Waals surface area (Å²) in [6.07, 6.45) is 4.30. The summed E-state index contributed by atoms with van der Waals surface area (Å²) < 4.78 is 5.11. The van der Waals surface area contributed by atoms with E-state index in [4.69, 9.17) is 4.74 Å². The number of pyridine rings is 1. The Hall–Kier alpha value is -1.29. The highest BCUT2D eigenvalue weighted by Crippen LogP contribution is 2.26. The minimum Gasteiger partial charge on any atom is -0.481 e. The minimum atomic E-state index is 0.342. The fraction of sp³-hybridized carbons (Fsp3) is 0.615. The molecule has 17 heavy (non-hydrogen) atoms. The minimum absolute atomic E-state index is 0.342. The number of piperidine rings is 1. The van der Waals surface area contributed by atoms with Crippen LogP contribution in [0.15, 0.2) is 18.3 Å². The van der Waals surface area contributed by atoms with Crippen molar-refractivity contribution in [3.63, 3.8) is 0 Å². The number of anilines is 1. The summed E-state index contributed by atoms with van der Waals surface area (Å²) in [6.45, 7) is 5.54. The summed E-state index contributed by atoms with van der Waals surface area (Å²) in [5.41, 5.74) is 1.41. The number of aromatic nitrogens is 1. The van der Waals surface area contributed by atoms with Gasteiger partial charge >= 0.3 is 0 Å². The highest BCUT2D eigenvalue weighted by atomic mass is 16.5. The number of hydrogen-bond acceptors (Lipinski definition) is 4. The lowest BCUT2D eigenvalue weighted by Gasteiger charge is -2.34. The van der Waals surface area contributed by atoms with Gasteiger partial charge in [-0.15, -0.1) is 0 Å². The van der Waals surface area contributed by atoms with Crippen molar-refractivity contribution in [2.24, 2.45) is 5.41 Å². The predicted molar refractivity (Wildman–Crippen MR) is 69.5 cm³/mol. The molecule has 2 rings (SSSR count). The molecular weight excluding hydrogens is 214 g/mol. The fourth-order valence-corrected chi connectivity index (χ4v) is 2.22. The number of rotatable bonds is 4. The first-order valence-electron chi connectivity index (χ1n) is 6.16. The van der Waals surface area contributed by atoms with E-state index in [-0.39, 0.29) is 0 Å². The topological polar surface area (TPSA) is 46.2 Å². The van der Waals surface area contributed by atoms with E-state index in [0.717, 1.165) is 25.3 Å². The zero-order valence-electron chi connectivity index (χ0n) is 10.6. The molecule has 1 aliphatic heterocycles. The normalized spacial score (nSPS) is 24.4. The van der Waals surface area contributed by atoms with E-state index < -0.39 is 0 Å². The van der Waals surface area contributed by atoms with Crippen LogP contribution in [0.4, 0.5) is 5.69 Å². The maximum atomic E-state index is 5.11. The van der Waals surface area contributed by atoms with Crippen LogP contribution >= 0.6 is 0 Å². The molecular formula is C13H21N3O. The third-order valence-corrected chi connectivity index (χ3v) is 3.35. The fourth-order valence-electron chi connectivity index (χ4n) is 2.22. The molecule has 0 saturated carbocycles. The lowest BCUT2D eigenvalue weighted by Crippen LogP contribution is -2.42. The van der Waals surface area contributed by atoms with E-state index in [0.29, 0.717) is 11.3 Å². The van der Waals surface area contributed by atoms with Crippen LogP contribution in [0.3, 0.4) is 0 Å². The summed E-state index contributed by atoms with van der Waals surface area (Å²) in [4.78, 5) is 4.10. The second-order valence-corrected chi connectivity index (χ2v) is 5.03. The third-order valence-electron chi connectivity index (χ3n) is 3.35. The van der Waals surface area contributed by atoms with Gasteiger partial charge in [-0.3, -0.25) is 0 Å². The molecule has 2 N–H and O–H groups in total. The molecule has 1 fully saturated rings. The quantitative estimate of drug-likeness (QED) is 0.836. The van der Waals surface area contributed by atoms with Crippen molar-refractivity contribution in [2.45, 2.75) is 19.8 Å². The maximum absolute atomic E-state index is 5.11.